The molecule has 29 heavy (non-hydrogen) atoms. The number of aliphatic imine (C=N–C) groups is 1. The Kier molecular flexibility index (Phi) is 6.03. The first kappa shape index (κ1) is 19.4. The second kappa shape index (κ2) is 9.03. The molecule has 1 aliphatic heterocycles. The first-order valence-corrected chi connectivity index (χ1v) is 9.81. The van der Waals surface area contributed by atoms with Crippen molar-refractivity contribution < 1.29 is 4.74 Å². The van der Waals surface area contributed by atoms with Gasteiger partial charge in [0, 0.05) is 51.6 Å². The average molecular weight is 422 g/mol. The van der Waals surface area contributed by atoms with E-state index >= 15 is 0 Å². The van der Waals surface area contributed by atoms with Crippen molar-refractivity contribution in [2.24, 2.45) is 4.99 Å². The molecule has 0 fully saturated rings. The van der Waals surface area contributed by atoms with Gasteiger partial charge in [-0.1, -0.05) is 47.5 Å². The molecule has 0 saturated carbocycles. The third-order valence-electron chi connectivity index (χ3n) is 4.32. The maximum atomic E-state index is 6.48. The Balaban J connectivity index is 1.77. The number of ether oxygens (including phenoxy) is 1. The van der Waals surface area contributed by atoms with Crippen LogP contribution in [0.4, 0.5) is 0 Å². The lowest BCUT2D eigenvalue weighted by molar-refractivity contribution is 0.249. The fourth-order valence-electron chi connectivity index (χ4n) is 3.04. The van der Waals surface area contributed by atoms with Crippen molar-refractivity contribution in [3.05, 3.63) is 100 Å². The fraction of sp³-hybridized carbons (Fsp3) is 0.0870. The van der Waals surface area contributed by atoms with Crippen LogP contribution in [-0.2, 0) is 0 Å². The van der Waals surface area contributed by atoms with Gasteiger partial charge in [-0.2, -0.15) is 0 Å². The zero-order chi connectivity index (χ0) is 20.1. The maximum absolute atomic E-state index is 6.48. The molecule has 3 aromatic rings. The first-order chi connectivity index (χ1) is 14.2. The fourth-order valence-corrected chi connectivity index (χ4v) is 3.56. The average Bonchev–Trinajstić information content (AvgIpc) is 3.01. The normalized spacial score (nSPS) is 14.2. The minimum atomic E-state index is -0.396. The van der Waals surface area contributed by atoms with Crippen LogP contribution in [0.25, 0.3) is 11.3 Å². The highest BCUT2D eigenvalue weighted by Gasteiger charge is 2.21. The Bertz CT molecular complexity index is 1070. The molecular formula is C23H17Cl2N3O. The summed E-state index contributed by atoms with van der Waals surface area (Å²) >= 11 is 12.4. The molecule has 0 aliphatic carbocycles. The van der Waals surface area contributed by atoms with Crippen molar-refractivity contribution >= 4 is 29.4 Å². The number of hydrogen-bond acceptors (Lipinski definition) is 4. The molecule has 0 amide bonds. The molecule has 1 aromatic carbocycles. The summed E-state index contributed by atoms with van der Waals surface area (Å²) in [6.07, 6.45) is 12.7. The highest BCUT2D eigenvalue weighted by molar-refractivity contribution is 6.35. The topological polar surface area (TPSA) is 47.4 Å². The van der Waals surface area contributed by atoms with E-state index < -0.39 is 6.10 Å². The largest absolute Gasteiger partial charge is 0.479 e. The zero-order valence-corrected chi connectivity index (χ0v) is 16.9. The summed E-state index contributed by atoms with van der Waals surface area (Å²) in [5.41, 5.74) is 3.28. The van der Waals surface area contributed by atoms with Gasteiger partial charge in [0.1, 0.15) is 11.4 Å². The van der Waals surface area contributed by atoms with Crippen LogP contribution >= 0.6 is 23.2 Å². The number of halogens is 2. The monoisotopic (exact) mass is 421 g/mol. The van der Waals surface area contributed by atoms with Gasteiger partial charge in [-0.3, -0.25) is 15.0 Å². The van der Waals surface area contributed by atoms with Crippen LogP contribution in [0.1, 0.15) is 11.7 Å². The lowest BCUT2D eigenvalue weighted by atomic mass is 10.0. The molecule has 144 valence electrons. The van der Waals surface area contributed by atoms with E-state index in [-0.39, 0.29) is 0 Å². The molecule has 1 aliphatic rings. The van der Waals surface area contributed by atoms with Gasteiger partial charge in [-0.25, -0.2) is 0 Å². The minimum Gasteiger partial charge on any atom is -0.479 e. The smallest absolute Gasteiger partial charge is 0.152 e. The van der Waals surface area contributed by atoms with Gasteiger partial charge < -0.3 is 4.74 Å². The van der Waals surface area contributed by atoms with Gasteiger partial charge in [0.15, 0.2) is 6.10 Å². The maximum Gasteiger partial charge on any atom is 0.152 e. The minimum absolute atomic E-state index is 0.396. The molecule has 0 spiro atoms. The molecule has 0 bridgehead atoms. The van der Waals surface area contributed by atoms with Crippen LogP contribution in [0, 0.1) is 0 Å². The summed E-state index contributed by atoms with van der Waals surface area (Å²) in [6, 6.07) is 12.9. The van der Waals surface area contributed by atoms with E-state index in [2.05, 4.69) is 15.0 Å². The lowest BCUT2D eigenvalue weighted by Crippen LogP contribution is -2.13. The Morgan fingerprint density at radius 3 is 2.62 bits per heavy atom. The molecule has 0 N–H and O–H groups in total. The predicted molar refractivity (Wildman–Crippen MR) is 118 cm³/mol. The molecule has 2 aromatic heterocycles. The second-order valence-corrected chi connectivity index (χ2v) is 7.25. The summed E-state index contributed by atoms with van der Waals surface area (Å²) in [5, 5.41) is 1.08. The molecule has 3 heterocycles. The molecular weight excluding hydrogens is 405 g/mol. The van der Waals surface area contributed by atoms with Crippen molar-refractivity contribution in [2.75, 3.05) is 6.54 Å². The van der Waals surface area contributed by atoms with Gasteiger partial charge in [-0.05, 0) is 36.4 Å². The van der Waals surface area contributed by atoms with Crippen LogP contribution in [0.15, 0.2) is 89.8 Å². The number of pyridine rings is 2. The summed E-state index contributed by atoms with van der Waals surface area (Å²) in [6.45, 7) is 0.638. The van der Waals surface area contributed by atoms with Crippen LogP contribution in [0.2, 0.25) is 10.0 Å². The SMILES string of the molecule is Clc1cc(Cl)cc(-c2ncccc2OC(C2=CC=CCN=C2)c2cccnc2)c1. The number of benzene rings is 1. The number of aromatic nitrogens is 2. The van der Waals surface area contributed by atoms with E-state index in [0.29, 0.717) is 28.0 Å². The third-order valence-corrected chi connectivity index (χ3v) is 4.75. The third kappa shape index (κ3) is 4.73. The van der Waals surface area contributed by atoms with E-state index in [1.54, 1.807) is 24.7 Å². The standard InChI is InChI=1S/C23H17Cl2N3O/c24-19-11-18(12-20(25)13-19)22-21(7-4-10-28-22)29-23(17-6-3-9-27-15-17)16-5-1-2-8-26-14-16/h1-7,9-15,23H,8H2. The Morgan fingerprint density at radius 2 is 1.83 bits per heavy atom. The van der Waals surface area contributed by atoms with Gasteiger partial charge in [0.25, 0.3) is 0 Å². The Morgan fingerprint density at radius 1 is 1.00 bits per heavy atom. The Labute approximate surface area is 179 Å². The van der Waals surface area contributed by atoms with Gasteiger partial charge in [0.2, 0.25) is 0 Å². The predicted octanol–water partition coefficient (Wildman–Crippen LogP) is 6.14. The molecule has 0 radical (unpaired) electrons. The lowest BCUT2D eigenvalue weighted by Gasteiger charge is -2.21. The number of allylic oxidation sites excluding steroid dienone is 2. The first-order valence-electron chi connectivity index (χ1n) is 9.05. The van der Waals surface area contributed by atoms with Crippen molar-refractivity contribution in [2.45, 2.75) is 6.10 Å². The number of nitrogens with zero attached hydrogens (tertiary/aromatic N) is 3. The molecule has 6 heteroatoms. The van der Waals surface area contributed by atoms with Crippen molar-refractivity contribution in [1.82, 2.24) is 9.97 Å². The molecule has 1 atom stereocenters. The summed E-state index contributed by atoms with van der Waals surface area (Å²) in [5.74, 6) is 0.613. The van der Waals surface area contributed by atoms with Crippen LogP contribution < -0.4 is 4.74 Å². The van der Waals surface area contributed by atoms with Crippen LogP contribution in [0.5, 0.6) is 5.75 Å². The van der Waals surface area contributed by atoms with E-state index in [0.717, 1.165) is 16.7 Å². The van der Waals surface area contributed by atoms with Gasteiger partial charge in [0.05, 0.1) is 6.54 Å². The zero-order valence-electron chi connectivity index (χ0n) is 15.4. The van der Waals surface area contributed by atoms with Crippen LogP contribution in [0.3, 0.4) is 0 Å². The van der Waals surface area contributed by atoms with E-state index in [1.807, 2.05) is 60.8 Å². The van der Waals surface area contributed by atoms with Crippen molar-refractivity contribution in [3.63, 3.8) is 0 Å². The van der Waals surface area contributed by atoms with Crippen LogP contribution in [-0.4, -0.2) is 22.7 Å². The van der Waals surface area contributed by atoms with Gasteiger partial charge in [-0.15, -0.1) is 0 Å². The highest BCUT2D eigenvalue weighted by atomic mass is 35.5. The number of rotatable bonds is 5. The quantitative estimate of drug-likeness (QED) is 0.497. The molecule has 4 rings (SSSR count). The molecule has 1 unspecified atom stereocenters. The van der Waals surface area contributed by atoms with Gasteiger partial charge >= 0.3 is 0 Å². The summed E-state index contributed by atoms with van der Waals surface area (Å²) in [4.78, 5) is 13.2. The highest BCUT2D eigenvalue weighted by Crippen LogP contribution is 2.35. The molecule has 0 saturated heterocycles. The number of hydrogen-bond donors (Lipinski definition) is 0. The van der Waals surface area contributed by atoms with Crippen molar-refractivity contribution in [1.29, 1.82) is 0 Å². The van der Waals surface area contributed by atoms with E-state index in [9.17, 15) is 0 Å². The summed E-state index contributed by atoms with van der Waals surface area (Å²) < 4.78 is 6.48. The van der Waals surface area contributed by atoms with Crippen molar-refractivity contribution in [3.8, 4) is 17.0 Å². The summed E-state index contributed by atoms with van der Waals surface area (Å²) in [7, 11) is 0. The Hall–Kier alpha value is -2.95. The molecule has 4 nitrogen and oxygen atoms in total. The second-order valence-electron chi connectivity index (χ2n) is 6.38. The van der Waals surface area contributed by atoms with E-state index in [4.69, 9.17) is 27.9 Å². The van der Waals surface area contributed by atoms with E-state index in [1.165, 1.54) is 0 Å².